The Morgan fingerprint density at radius 3 is 2.39 bits per heavy atom. The Morgan fingerprint density at radius 1 is 0.935 bits per heavy atom. The van der Waals surface area contributed by atoms with Crippen LogP contribution in [0.15, 0.2) is 54.6 Å². The number of rotatable bonds is 8. The highest BCUT2D eigenvalue weighted by Crippen LogP contribution is 2.32. The van der Waals surface area contributed by atoms with E-state index >= 15 is 0 Å². The summed E-state index contributed by atoms with van der Waals surface area (Å²) in [6.45, 7) is 6.47. The number of methoxy groups -OCH3 is 1. The fourth-order valence-corrected chi connectivity index (χ4v) is 4.52. The van der Waals surface area contributed by atoms with Gasteiger partial charge in [-0.25, -0.2) is 0 Å². The maximum absolute atomic E-state index is 13.0. The lowest BCUT2D eigenvalue weighted by Gasteiger charge is -2.36. The minimum atomic E-state index is 0.251. The van der Waals surface area contributed by atoms with Crippen molar-refractivity contribution in [2.75, 3.05) is 59.5 Å². The van der Waals surface area contributed by atoms with Crippen molar-refractivity contribution in [3.63, 3.8) is 0 Å². The van der Waals surface area contributed by atoms with Gasteiger partial charge in [0, 0.05) is 38.8 Å². The summed E-state index contributed by atoms with van der Waals surface area (Å²) in [5.41, 5.74) is 1.27. The van der Waals surface area contributed by atoms with Crippen LogP contribution < -0.4 is 9.47 Å². The highest BCUT2D eigenvalue weighted by molar-refractivity contribution is 5.78. The van der Waals surface area contributed by atoms with Gasteiger partial charge in [0.1, 0.15) is 18.1 Å². The molecular weight excluding hydrogens is 390 g/mol. The van der Waals surface area contributed by atoms with Gasteiger partial charge in [-0.1, -0.05) is 30.3 Å². The molecule has 6 nitrogen and oxygen atoms in total. The first-order valence-corrected chi connectivity index (χ1v) is 11.3. The van der Waals surface area contributed by atoms with E-state index in [2.05, 4.69) is 21.9 Å². The zero-order chi connectivity index (χ0) is 21.5. The van der Waals surface area contributed by atoms with Gasteiger partial charge in [-0.15, -0.1) is 0 Å². The standard InChI is InChI=1S/C25H33N3O3/c1-30-22-11-9-21(10-12-22)24-8-5-13-28(24)20-25(29)27-16-14-26(15-17-27)18-19-31-23-6-3-2-4-7-23/h2-4,6-7,9-12,24H,5,8,13-20H2,1H3. The number of carbonyl (C=O) groups is 1. The number of benzene rings is 2. The van der Waals surface area contributed by atoms with E-state index in [9.17, 15) is 4.79 Å². The third kappa shape index (κ3) is 5.77. The first kappa shape index (κ1) is 21.7. The van der Waals surface area contributed by atoms with Crippen LogP contribution in [0.25, 0.3) is 0 Å². The van der Waals surface area contributed by atoms with Gasteiger partial charge in [0.2, 0.25) is 5.91 Å². The second-order valence-electron chi connectivity index (χ2n) is 8.29. The van der Waals surface area contributed by atoms with Gasteiger partial charge >= 0.3 is 0 Å². The van der Waals surface area contributed by atoms with Crippen molar-refractivity contribution in [2.24, 2.45) is 0 Å². The van der Waals surface area contributed by atoms with E-state index in [0.29, 0.717) is 19.2 Å². The maximum atomic E-state index is 13.0. The smallest absolute Gasteiger partial charge is 0.236 e. The fraction of sp³-hybridized carbons (Fsp3) is 0.480. The van der Waals surface area contributed by atoms with E-state index in [1.165, 1.54) is 5.56 Å². The van der Waals surface area contributed by atoms with Crippen molar-refractivity contribution in [3.05, 3.63) is 60.2 Å². The predicted molar refractivity (Wildman–Crippen MR) is 121 cm³/mol. The molecule has 6 heteroatoms. The zero-order valence-corrected chi connectivity index (χ0v) is 18.4. The summed E-state index contributed by atoms with van der Waals surface area (Å²) in [4.78, 5) is 19.7. The summed E-state index contributed by atoms with van der Waals surface area (Å²) >= 11 is 0. The minimum Gasteiger partial charge on any atom is -0.497 e. The molecule has 2 fully saturated rings. The number of para-hydroxylation sites is 1. The molecule has 2 aliphatic rings. The number of hydrogen-bond acceptors (Lipinski definition) is 5. The molecule has 0 bridgehead atoms. The Hall–Kier alpha value is -2.57. The zero-order valence-electron chi connectivity index (χ0n) is 18.4. The lowest BCUT2D eigenvalue weighted by Crippen LogP contribution is -2.51. The lowest BCUT2D eigenvalue weighted by atomic mass is 10.0. The van der Waals surface area contributed by atoms with E-state index in [1.807, 2.05) is 47.4 Å². The van der Waals surface area contributed by atoms with E-state index < -0.39 is 0 Å². The fourth-order valence-electron chi connectivity index (χ4n) is 4.52. The molecule has 0 N–H and O–H groups in total. The number of nitrogens with zero attached hydrogens (tertiary/aromatic N) is 3. The first-order valence-electron chi connectivity index (χ1n) is 11.3. The van der Waals surface area contributed by atoms with Crippen LogP contribution in [0.3, 0.4) is 0 Å². The van der Waals surface area contributed by atoms with Gasteiger partial charge in [0.15, 0.2) is 0 Å². The Kier molecular flexibility index (Phi) is 7.43. The van der Waals surface area contributed by atoms with Crippen molar-refractivity contribution < 1.29 is 14.3 Å². The van der Waals surface area contributed by atoms with E-state index in [-0.39, 0.29) is 5.91 Å². The van der Waals surface area contributed by atoms with Crippen LogP contribution in [0.5, 0.6) is 11.5 Å². The Balaban J connectivity index is 1.21. The minimum absolute atomic E-state index is 0.251. The molecule has 2 saturated heterocycles. The molecule has 1 amide bonds. The van der Waals surface area contributed by atoms with Crippen molar-refractivity contribution in [1.82, 2.24) is 14.7 Å². The molecule has 1 unspecified atom stereocenters. The number of likely N-dealkylation sites (tertiary alicyclic amines) is 1. The monoisotopic (exact) mass is 423 g/mol. The molecule has 1 atom stereocenters. The van der Waals surface area contributed by atoms with Crippen molar-refractivity contribution in [2.45, 2.75) is 18.9 Å². The number of hydrogen-bond donors (Lipinski definition) is 0. The van der Waals surface area contributed by atoms with Crippen LogP contribution in [0.2, 0.25) is 0 Å². The summed E-state index contributed by atoms with van der Waals surface area (Å²) in [6, 6.07) is 18.5. The maximum Gasteiger partial charge on any atom is 0.236 e. The number of carbonyl (C=O) groups excluding carboxylic acids is 1. The highest BCUT2D eigenvalue weighted by Gasteiger charge is 2.30. The predicted octanol–water partition coefficient (Wildman–Crippen LogP) is 3.06. The summed E-state index contributed by atoms with van der Waals surface area (Å²) in [6.07, 6.45) is 2.24. The Labute approximate surface area is 185 Å². The van der Waals surface area contributed by atoms with Crippen molar-refractivity contribution in [3.8, 4) is 11.5 Å². The summed E-state index contributed by atoms with van der Waals surface area (Å²) in [5, 5.41) is 0. The van der Waals surface area contributed by atoms with Gasteiger partial charge in [0.05, 0.1) is 13.7 Å². The SMILES string of the molecule is COc1ccc(C2CCCN2CC(=O)N2CCN(CCOc3ccccc3)CC2)cc1. The number of amides is 1. The molecule has 0 saturated carbocycles. The summed E-state index contributed by atoms with van der Waals surface area (Å²) in [7, 11) is 1.69. The molecule has 31 heavy (non-hydrogen) atoms. The molecule has 0 aliphatic carbocycles. The summed E-state index contributed by atoms with van der Waals surface area (Å²) in [5.74, 6) is 2.03. The molecule has 166 valence electrons. The molecule has 2 aromatic carbocycles. The van der Waals surface area contributed by atoms with Gasteiger partial charge in [-0.05, 0) is 49.2 Å². The normalized spacial score (nSPS) is 20.0. The van der Waals surface area contributed by atoms with Gasteiger partial charge < -0.3 is 14.4 Å². The molecule has 2 aromatic rings. The van der Waals surface area contributed by atoms with Crippen molar-refractivity contribution in [1.29, 1.82) is 0 Å². The molecule has 0 spiro atoms. The number of piperazine rings is 1. The molecule has 0 aromatic heterocycles. The van der Waals surface area contributed by atoms with Crippen LogP contribution in [0.1, 0.15) is 24.4 Å². The second-order valence-corrected chi connectivity index (χ2v) is 8.29. The van der Waals surface area contributed by atoms with Crippen LogP contribution in [-0.2, 0) is 4.79 Å². The van der Waals surface area contributed by atoms with E-state index in [0.717, 1.165) is 63.6 Å². The molecular formula is C25H33N3O3. The Morgan fingerprint density at radius 2 is 1.68 bits per heavy atom. The van der Waals surface area contributed by atoms with Crippen molar-refractivity contribution >= 4 is 5.91 Å². The van der Waals surface area contributed by atoms with Gasteiger partial charge in [-0.2, -0.15) is 0 Å². The Bertz CT molecular complexity index is 820. The number of ether oxygens (including phenoxy) is 2. The largest absolute Gasteiger partial charge is 0.497 e. The van der Waals surface area contributed by atoms with Crippen LogP contribution in [0.4, 0.5) is 0 Å². The third-order valence-electron chi connectivity index (χ3n) is 6.35. The van der Waals surface area contributed by atoms with Gasteiger partial charge in [0.25, 0.3) is 0 Å². The van der Waals surface area contributed by atoms with E-state index in [1.54, 1.807) is 7.11 Å². The second kappa shape index (κ2) is 10.6. The average molecular weight is 424 g/mol. The van der Waals surface area contributed by atoms with E-state index in [4.69, 9.17) is 9.47 Å². The van der Waals surface area contributed by atoms with Gasteiger partial charge in [-0.3, -0.25) is 14.6 Å². The summed E-state index contributed by atoms with van der Waals surface area (Å²) < 4.78 is 11.1. The average Bonchev–Trinajstić information content (AvgIpc) is 3.28. The highest BCUT2D eigenvalue weighted by atomic mass is 16.5. The van der Waals surface area contributed by atoms with Crippen LogP contribution in [-0.4, -0.2) is 80.1 Å². The molecule has 0 radical (unpaired) electrons. The molecule has 2 aliphatic heterocycles. The molecule has 4 rings (SSSR count). The first-order chi connectivity index (χ1) is 15.2. The topological polar surface area (TPSA) is 45.2 Å². The lowest BCUT2D eigenvalue weighted by molar-refractivity contribution is -0.134. The molecule has 2 heterocycles. The van der Waals surface area contributed by atoms with Crippen LogP contribution >= 0.6 is 0 Å². The third-order valence-corrected chi connectivity index (χ3v) is 6.35. The van der Waals surface area contributed by atoms with Crippen LogP contribution in [0, 0.1) is 0 Å². The quantitative estimate of drug-likeness (QED) is 0.653.